The molecule has 1 fully saturated rings. The maximum Gasteiger partial charge on any atom is 0.250 e. The van der Waals surface area contributed by atoms with Crippen molar-refractivity contribution >= 4 is 5.91 Å². The Balaban J connectivity index is 2.39. The largest absolute Gasteiger partial charge is 0.341 e. The molecule has 0 aliphatic carbocycles. The maximum absolute atomic E-state index is 11.5. The summed E-state index contributed by atoms with van der Waals surface area (Å²) < 4.78 is 0. The summed E-state index contributed by atoms with van der Waals surface area (Å²) in [5, 5.41) is 0. The van der Waals surface area contributed by atoms with Gasteiger partial charge in [0.05, 0.1) is 0 Å². The van der Waals surface area contributed by atoms with E-state index in [4.69, 9.17) is 5.90 Å². The van der Waals surface area contributed by atoms with Crippen LogP contribution >= 0.6 is 0 Å². The Bertz CT molecular complexity index is 215. The molecule has 0 aromatic heterocycles. The second kappa shape index (κ2) is 4.94. The number of hydrogen-bond acceptors (Lipinski definition) is 3. The lowest BCUT2D eigenvalue weighted by atomic mass is 9.75. The highest BCUT2D eigenvalue weighted by Crippen LogP contribution is 2.34. The van der Waals surface area contributed by atoms with Gasteiger partial charge in [0.25, 0.3) is 5.91 Å². The second-order valence-electron chi connectivity index (χ2n) is 5.33. The van der Waals surface area contributed by atoms with Crippen LogP contribution in [0, 0.1) is 11.3 Å². The third kappa shape index (κ3) is 3.47. The van der Waals surface area contributed by atoms with E-state index in [1.807, 2.05) is 4.90 Å². The molecule has 1 aliphatic rings. The predicted molar refractivity (Wildman–Crippen MR) is 58.9 cm³/mol. The Morgan fingerprint density at radius 3 is 2.33 bits per heavy atom. The first-order valence-corrected chi connectivity index (χ1v) is 5.54. The van der Waals surface area contributed by atoms with Crippen molar-refractivity contribution in [2.45, 2.75) is 33.6 Å². The Morgan fingerprint density at radius 2 is 1.93 bits per heavy atom. The fraction of sp³-hybridized carbons (Fsp3) is 0.909. The summed E-state index contributed by atoms with van der Waals surface area (Å²) in [5.41, 5.74) is 0.347. The van der Waals surface area contributed by atoms with Crippen molar-refractivity contribution in [1.29, 1.82) is 0 Å². The van der Waals surface area contributed by atoms with Gasteiger partial charge in [-0.2, -0.15) is 0 Å². The van der Waals surface area contributed by atoms with Gasteiger partial charge in [0.15, 0.2) is 0 Å². The van der Waals surface area contributed by atoms with E-state index < -0.39 is 0 Å². The summed E-state index contributed by atoms with van der Waals surface area (Å²) in [7, 11) is 0. The molecule has 0 aromatic rings. The molecule has 1 heterocycles. The van der Waals surface area contributed by atoms with Gasteiger partial charge in [-0.1, -0.05) is 20.8 Å². The highest BCUT2D eigenvalue weighted by atomic mass is 16.6. The second-order valence-corrected chi connectivity index (χ2v) is 5.33. The van der Waals surface area contributed by atoms with Crippen molar-refractivity contribution in [3.05, 3.63) is 0 Å². The van der Waals surface area contributed by atoms with Gasteiger partial charge in [-0.3, -0.25) is 9.63 Å². The van der Waals surface area contributed by atoms with Crippen LogP contribution in [0.5, 0.6) is 0 Å². The topological polar surface area (TPSA) is 55.6 Å². The van der Waals surface area contributed by atoms with Crippen LogP contribution in [0.1, 0.15) is 33.6 Å². The first kappa shape index (κ1) is 12.5. The summed E-state index contributed by atoms with van der Waals surface area (Å²) >= 11 is 0. The van der Waals surface area contributed by atoms with Crippen LogP contribution in [-0.4, -0.2) is 30.5 Å². The molecule has 0 bridgehead atoms. The number of rotatable bonds is 2. The van der Waals surface area contributed by atoms with Crippen molar-refractivity contribution in [3.8, 4) is 0 Å². The fourth-order valence-corrected chi connectivity index (χ4v) is 2.16. The lowest BCUT2D eigenvalue weighted by Gasteiger charge is -2.38. The molecule has 1 amide bonds. The number of nitrogens with zero attached hydrogens (tertiary/aromatic N) is 1. The number of carbonyl (C=O) groups is 1. The van der Waals surface area contributed by atoms with Crippen LogP contribution < -0.4 is 5.90 Å². The highest BCUT2D eigenvalue weighted by Gasteiger charge is 2.30. The van der Waals surface area contributed by atoms with E-state index in [0.717, 1.165) is 25.9 Å². The minimum Gasteiger partial charge on any atom is -0.341 e. The van der Waals surface area contributed by atoms with E-state index in [-0.39, 0.29) is 12.5 Å². The molecule has 2 N–H and O–H groups in total. The normalized spacial score (nSPS) is 19.3. The Kier molecular flexibility index (Phi) is 4.11. The van der Waals surface area contributed by atoms with Gasteiger partial charge < -0.3 is 4.90 Å². The first-order chi connectivity index (χ1) is 6.95. The van der Waals surface area contributed by atoms with Gasteiger partial charge in [0.2, 0.25) is 0 Å². The smallest absolute Gasteiger partial charge is 0.250 e. The zero-order chi connectivity index (χ0) is 11.5. The molecule has 0 aromatic carbocycles. The van der Waals surface area contributed by atoms with Crippen molar-refractivity contribution in [2.24, 2.45) is 17.2 Å². The number of nitrogens with two attached hydrogens (primary N) is 1. The fourth-order valence-electron chi connectivity index (χ4n) is 2.16. The minimum absolute atomic E-state index is 0.000183. The third-order valence-electron chi connectivity index (χ3n) is 3.28. The van der Waals surface area contributed by atoms with Crippen LogP contribution in [0.15, 0.2) is 0 Å². The summed E-state index contributed by atoms with van der Waals surface area (Å²) in [6, 6.07) is 0. The molecule has 0 saturated carbocycles. The molecule has 0 radical (unpaired) electrons. The van der Waals surface area contributed by atoms with Gasteiger partial charge >= 0.3 is 0 Å². The van der Waals surface area contributed by atoms with Crippen molar-refractivity contribution in [3.63, 3.8) is 0 Å². The molecule has 0 atom stereocenters. The predicted octanol–water partition coefficient (Wildman–Crippen LogP) is 1.16. The summed E-state index contributed by atoms with van der Waals surface area (Å²) in [4.78, 5) is 17.7. The van der Waals surface area contributed by atoms with Crippen LogP contribution in [0.25, 0.3) is 0 Å². The molecular formula is C11H22N2O2. The maximum atomic E-state index is 11.5. The van der Waals surface area contributed by atoms with E-state index in [2.05, 4.69) is 25.6 Å². The molecule has 1 rings (SSSR count). The molecule has 4 nitrogen and oxygen atoms in total. The summed E-state index contributed by atoms with van der Waals surface area (Å²) in [6.07, 6.45) is 2.17. The number of hydrogen-bond donors (Lipinski definition) is 1. The zero-order valence-corrected chi connectivity index (χ0v) is 9.95. The Labute approximate surface area is 91.7 Å². The average molecular weight is 214 g/mol. The lowest BCUT2D eigenvalue weighted by molar-refractivity contribution is -0.138. The van der Waals surface area contributed by atoms with Gasteiger partial charge in [-0.15, -0.1) is 0 Å². The van der Waals surface area contributed by atoms with E-state index in [1.54, 1.807) is 0 Å². The zero-order valence-electron chi connectivity index (χ0n) is 9.95. The van der Waals surface area contributed by atoms with Gasteiger partial charge in [0.1, 0.15) is 6.61 Å². The SMILES string of the molecule is CC(C)(C)C1CCN(C(=O)CON)CC1. The number of likely N-dealkylation sites (tertiary alicyclic amines) is 1. The average Bonchev–Trinajstić information content (AvgIpc) is 2.17. The van der Waals surface area contributed by atoms with Crippen LogP contribution in [-0.2, 0) is 9.63 Å². The van der Waals surface area contributed by atoms with Gasteiger partial charge in [0, 0.05) is 13.1 Å². The van der Waals surface area contributed by atoms with E-state index in [0.29, 0.717) is 11.3 Å². The van der Waals surface area contributed by atoms with Crippen molar-refractivity contribution in [2.75, 3.05) is 19.7 Å². The first-order valence-electron chi connectivity index (χ1n) is 5.54. The standard InChI is InChI=1S/C11H22N2O2/c1-11(2,3)9-4-6-13(7-5-9)10(14)8-15-12/h9H,4-8,12H2,1-3H3. The lowest BCUT2D eigenvalue weighted by Crippen LogP contribution is -2.43. The van der Waals surface area contributed by atoms with Crippen LogP contribution in [0.3, 0.4) is 0 Å². The molecule has 1 saturated heterocycles. The third-order valence-corrected chi connectivity index (χ3v) is 3.28. The van der Waals surface area contributed by atoms with Crippen molar-refractivity contribution < 1.29 is 9.63 Å². The quantitative estimate of drug-likeness (QED) is 0.702. The molecule has 88 valence electrons. The molecule has 0 spiro atoms. The highest BCUT2D eigenvalue weighted by molar-refractivity contribution is 5.77. The van der Waals surface area contributed by atoms with Gasteiger partial charge in [-0.05, 0) is 24.2 Å². The van der Waals surface area contributed by atoms with Crippen LogP contribution in [0.4, 0.5) is 0 Å². The summed E-state index contributed by atoms with van der Waals surface area (Å²) in [5.74, 6) is 5.60. The van der Waals surface area contributed by atoms with Gasteiger partial charge in [-0.25, -0.2) is 5.90 Å². The number of carbonyl (C=O) groups excluding carboxylic acids is 1. The van der Waals surface area contributed by atoms with E-state index in [9.17, 15) is 4.79 Å². The van der Waals surface area contributed by atoms with Crippen molar-refractivity contribution in [1.82, 2.24) is 4.90 Å². The van der Waals surface area contributed by atoms with E-state index in [1.165, 1.54) is 0 Å². The summed E-state index contributed by atoms with van der Waals surface area (Å²) in [6.45, 7) is 8.46. The molecule has 15 heavy (non-hydrogen) atoms. The van der Waals surface area contributed by atoms with Crippen LogP contribution in [0.2, 0.25) is 0 Å². The molecule has 4 heteroatoms. The Hall–Kier alpha value is -0.610. The molecular weight excluding hydrogens is 192 g/mol. The molecule has 0 unspecified atom stereocenters. The Morgan fingerprint density at radius 1 is 1.40 bits per heavy atom. The minimum atomic E-state index is 0.000183. The van der Waals surface area contributed by atoms with E-state index >= 15 is 0 Å². The molecule has 1 aliphatic heterocycles. The number of amides is 1. The number of piperidine rings is 1. The monoisotopic (exact) mass is 214 g/mol.